The number of pyridine rings is 1. The van der Waals surface area contributed by atoms with Crippen molar-refractivity contribution < 1.29 is 9.18 Å². The van der Waals surface area contributed by atoms with Gasteiger partial charge in [0.05, 0.1) is 0 Å². The summed E-state index contributed by atoms with van der Waals surface area (Å²) in [6.07, 6.45) is 1.71. The molecule has 4 rings (SSSR count). The number of halogens is 1. The minimum atomic E-state index is -0.304. The smallest absolute Gasteiger partial charge is 0.262 e. The van der Waals surface area contributed by atoms with E-state index >= 15 is 0 Å². The molecule has 4 aromatic rings. The van der Waals surface area contributed by atoms with Crippen LogP contribution in [0.5, 0.6) is 0 Å². The van der Waals surface area contributed by atoms with Crippen LogP contribution in [0.15, 0.2) is 66.9 Å². The van der Waals surface area contributed by atoms with E-state index in [1.165, 1.54) is 29.0 Å². The van der Waals surface area contributed by atoms with Gasteiger partial charge in [-0.1, -0.05) is 42.0 Å². The van der Waals surface area contributed by atoms with Crippen LogP contribution >= 0.6 is 11.3 Å². The van der Waals surface area contributed by atoms with Crippen molar-refractivity contribution in [2.45, 2.75) is 13.5 Å². The van der Waals surface area contributed by atoms with E-state index in [0.717, 1.165) is 26.9 Å². The lowest BCUT2D eigenvalue weighted by Crippen LogP contribution is -2.22. The first kappa shape index (κ1) is 17.4. The van der Waals surface area contributed by atoms with Crippen molar-refractivity contribution in [1.29, 1.82) is 0 Å². The van der Waals surface area contributed by atoms with E-state index in [1.807, 2.05) is 43.3 Å². The highest BCUT2D eigenvalue weighted by atomic mass is 32.1. The molecule has 2 aromatic heterocycles. The van der Waals surface area contributed by atoms with Crippen LogP contribution < -0.4 is 5.32 Å². The monoisotopic (exact) mass is 376 g/mol. The van der Waals surface area contributed by atoms with Crippen LogP contribution in [0.2, 0.25) is 0 Å². The zero-order valence-electron chi connectivity index (χ0n) is 14.7. The number of fused-ring (bicyclic) bond motifs is 1. The van der Waals surface area contributed by atoms with Crippen molar-refractivity contribution in [3.8, 4) is 11.1 Å². The number of hydrogen-bond acceptors (Lipinski definition) is 3. The van der Waals surface area contributed by atoms with Gasteiger partial charge in [0, 0.05) is 23.7 Å². The average Bonchev–Trinajstić information content (AvgIpc) is 3.08. The topological polar surface area (TPSA) is 42.0 Å². The molecule has 0 aliphatic heterocycles. The lowest BCUT2D eigenvalue weighted by molar-refractivity contribution is 0.0955. The maximum atomic E-state index is 13.3. The van der Waals surface area contributed by atoms with Gasteiger partial charge in [-0.2, -0.15) is 0 Å². The Morgan fingerprint density at radius 1 is 1.07 bits per heavy atom. The molecule has 0 radical (unpaired) electrons. The highest BCUT2D eigenvalue weighted by Crippen LogP contribution is 2.37. The van der Waals surface area contributed by atoms with Crippen molar-refractivity contribution in [2.24, 2.45) is 0 Å². The van der Waals surface area contributed by atoms with E-state index in [4.69, 9.17) is 0 Å². The molecule has 27 heavy (non-hydrogen) atoms. The Labute approximate surface area is 160 Å². The van der Waals surface area contributed by atoms with Gasteiger partial charge >= 0.3 is 0 Å². The van der Waals surface area contributed by atoms with E-state index in [-0.39, 0.29) is 11.7 Å². The first-order valence-electron chi connectivity index (χ1n) is 8.59. The number of nitrogens with zero attached hydrogens (tertiary/aromatic N) is 1. The number of amides is 1. The number of rotatable bonds is 4. The van der Waals surface area contributed by atoms with Crippen LogP contribution in [0.25, 0.3) is 21.3 Å². The summed E-state index contributed by atoms with van der Waals surface area (Å²) < 4.78 is 13.3. The van der Waals surface area contributed by atoms with Gasteiger partial charge in [-0.3, -0.25) is 4.79 Å². The van der Waals surface area contributed by atoms with Crippen molar-refractivity contribution in [3.05, 3.63) is 88.7 Å². The van der Waals surface area contributed by atoms with Crippen LogP contribution in [0.4, 0.5) is 4.39 Å². The summed E-state index contributed by atoms with van der Waals surface area (Å²) in [7, 11) is 0. The van der Waals surface area contributed by atoms with Crippen LogP contribution in [-0.2, 0) is 6.54 Å². The summed E-state index contributed by atoms with van der Waals surface area (Å²) >= 11 is 1.35. The van der Waals surface area contributed by atoms with E-state index < -0.39 is 0 Å². The SMILES string of the molecule is Cc1ccc(CNC(=O)c2sc3ncccc3c2-c2ccc(F)cc2)cc1. The first-order valence-corrected chi connectivity index (χ1v) is 9.40. The second kappa shape index (κ2) is 7.29. The van der Waals surface area contributed by atoms with E-state index in [1.54, 1.807) is 18.3 Å². The largest absolute Gasteiger partial charge is 0.347 e. The molecule has 0 spiro atoms. The van der Waals surface area contributed by atoms with E-state index in [2.05, 4.69) is 10.3 Å². The van der Waals surface area contributed by atoms with Gasteiger partial charge in [0.1, 0.15) is 15.5 Å². The third kappa shape index (κ3) is 3.59. The standard InChI is InChI=1S/C22H17FN2OS/c1-14-4-6-15(7-5-14)13-25-21(26)20-19(16-8-10-17(23)11-9-16)18-3-2-12-24-22(18)27-20/h2-12H,13H2,1H3,(H,25,26). The predicted octanol–water partition coefficient (Wildman–Crippen LogP) is 5.34. The molecule has 5 heteroatoms. The average molecular weight is 376 g/mol. The number of carbonyl (C=O) groups is 1. The number of nitrogens with one attached hydrogen (secondary N) is 1. The van der Waals surface area contributed by atoms with Crippen LogP contribution in [0.1, 0.15) is 20.8 Å². The fourth-order valence-electron chi connectivity index (χ4n) is 2.96. The minimum Gasteiger partial charge on any atom is -0.347 e. The molecule has 0 unspecified atom stereocenters. The predicted molar refractivity (Wildman–Crippen MR) is 107 cm³/mol. The van der Waals surface area contributed by atoms with Gasteiger partial charge in [-0.05, 0) is 42.3 Å². The molecule has 134 valence electrons. The maximum Gasteiger partial charge on any atom is 0.262 e. The van der Waals surface area contributed by atoms with Crippen molar-refractivity contribution in [1.82, 2.24) is 10.3 Å². The number of benzene rings is 2. The molecule has 0 aliphatic carbocycles. The second-order valence-corrected chi connectivity index (χ2v) is 7.34. The maximum absolute atomic E-state index is 13.3. The Morgan fingerprint density at radius 3 is 2.56 bits per heavy atom. The number of thiophene rings is 1. The summed E-state index contributed by atoms with van der Waals surface area (Å²) in [6, 6.07) is 18.0. The summed E-state index contributed by atoms with van der Waals surface area (Å²) in [5, 5.41) is 3.88. The highest BCUT2D eigenvalue weighted by Gasteiger charge is 2.20. The molecule has 3 nitrogen and oxygen atoms in total. The zero-order chi connectivity index (χ0) is 18.8. The molecule has 1 N–H and O–H groups in total. The molecule has 0 aliphatic rings. The molecule has 0 saturated heterocycles. The zero-order valence-corrected chi connectivity index (χ0v) is 15.5. The summed E-state index contributed by atoms with van der Waals surface area (Å²) in [5.74, 6) is -0.459. The lowest BCUT2D eigenvalue weighted by Gasteiger charge is -2.07. The highest BCUT2D eigenvalue weighted by molar-refractivity contribution is 7.21. The van der Waals surface area contributed by atoms with Gasteiger partial charge in [-0.25, -0.2) is 9.37 Å². The van der Waals surface area contributed by atoms with E-state index in [9.17, 15) is 9.18 Å². The Balaban J connectivity index is 1.70. The fraction of sp³-hybridized carbons (Fsp3) is 0.0909. The first-order chi connectivity index (χ1) is 13.1. The third-order valence-corrected chi connectivity index (χ3v) is 5.49. The molecule has 1 amide bonds. The van der Waals surface area contributed by atoms with Crippen molar-refractivity contribution in [3.63, 3.8) is 0 Å². The molecule has 2 heterocycles. The number of aromatic nitrogens is 1. The Bertz CT molecular complexity index is 1100. The molecular formula is C22H17FN2OS. The lowest BCUT2D eigenvalue weighted by atomic mass is 10.0. The number of hydrogen-bond donors (Lipinski definition) is 1. The summed E-state index contributed by atoms with van der Waals surface area (Å²) in [4.78, 5) is 18.7. The van der Waals surface area contributed by atoms with Gasteiger partial charge < -0.3 is 5.32 Å². The Morgan fingerprint density at radius 2 is 1.81 bits per heavy atom. The molecule has 0 saturated carbocycles. The third-order valence-electron chi connectivity index (χ3n) is 4.38. The van der Waals surface area contributed by atoms with Crippen LogP contribution in [-0.4, -0.2) is 10.9 Å². The van der Waals surface area contributed by atoms with Crippen molar-refractivity contribution in [2.75, 3.05) is 0 Å². The normalized spacial score (nSPS) is 10.9. The molecular weight excluding hydrogens is 359 g/mol. The Kier molecular flexibility index (Phi) is 4.69. The van der Waals surface area contributed by atoms with Gasteiger partial charge in [0.25, 0.3) is 5.91 Å². The molecule has 0 bridgehead atoms. The number of carbonyl (C=O) groups excluding carboxylic acids is 1. The number of aryl methyl sites for hydroxylation is 1. The molecule has 2 aromatic carbocycles. The summed E-state index contributed by atoms with van der Waals surface area (Å²) in [5.41, 5.74) is 3.82. The van der Waals surface area contributed by atoms with Crippen LogP contribution in [0, 0.1) is 12.7 Å². The minimum absolute atomic E-state index is 0.155. The quantitative estimate of drug-likeness (QED) is 0.522. The van der Waals surface area contributed by atoms with Gasteiger partial charge in [-0.15, -0.1) is 11.3 Å². The molecule has 0 fully saturated rings. The van der Waals surface area contributed by atoms with E-state index in [0.29, 0.717) is 11.4 Å². The Hall–Kier alpha value is -3.05. The van der Waals surface area contributed by atoms with Gasteiger partial charge in [0.2, 0.25) is 0 Å². The van der Waals surface area contributed by atoms with Crippen LogP contribution in [0.3, 0.4) is 0 Å². The van der Waals surface area contributed by atoms with Crippen molar-refractivity contribution >= 4 is 27.5 Å². The fourth-order valence-corrected chi connectivity index (χ4v) is 4.05. The summed E-state index contributed by atoms with van der Waals surface area (Å²) in [6.45, 7) is 2.48. The molecule has 0 atom stereocenters. The van der Waals surface area contributed by atoms with Gasteiger partial charge in [0.15, 0.2) is 0 Å². The second-order valence-electron chi connectivity index (χ2n) is 6.34.